The van der Waals surface area contributed by atoms with Crippen LogP contribution in [0.3, 0.4) is 0 Å². The van der Waals surface area contributed by atoms with Crippen molar-refractivity contribution in [3.63, 3.8) is 0 Å². The van der Waals surface area contributed by atoms with Crippen molar-refractivity contribution in [2.45, 2.75) is 0 Å². The maximum absolute atomic E-state index is 12.1. The summed E-state index contributed by atoms with van der Waals surface area (Å²) in [6.07, 6.45) is 2.88. The van der Waals surface area contributed by atoms with Gasteiger partial charge in [-0.2, -0.15) is 10.2 Å². The molecule has 2 N–H and O–H groups in total. The minimum absolute atomic E-state index is 0.0943. The molecule has 0 saturated carbocycles. The predicted molar refractivity (Wildman–Crippen MR) is 94.4 cm³/mol. The normalized spacial score (nSPS) is 10.9. The summed E-state index contributed by atoms with van der Waals surface area (Å²) in [4.78, 5) is 12.1. The van der Waals surface area contributed by atoms with Crippen molar-refractivity contribution in [1.29, 1.82) is 0 Å². The molecule has 0 aliphatic rings. The first kappa shape index (κ1) is 15.9. The average molecular weight is 385 g/mol. The fraction of sp³-hybridized carbons (Fsp3) is 0. The first-order valence-electron chi connectivity index (χ1n) is 7.07. The van der Waals surface area contributed by atoms with E-state index in [2.05, 4.69) is 31.6 Å². The van der Waals surface area contributed by atoms with Crippen LogP contribution in [0.4, 0.5) is 0 Å². The predicted octanol–water partition coefficient (Wildman–Crippen LogP) is 3.10. The number of hydrogen-bond donors (Lipinski definition) is 2. The molecule has 3 rings (SSSR count). The van der Waals surface area contributed by atoms with Gasteiger partial charge in [0.1, 0.15) is 0 Å². The number of amides is 1. The van der Waals surface area contributed by atoms with Gasteiger partial charge in [-0.25, -0.2) is 10.1 Å². The molecule has 0 aliphatic carbocycles. The van der Waals surface area contributed by atoms with Crippen LogP contribution in [0.15, 0.2) is 70.4 Å². The van der Waals surface area contributed by atoms with Crippen molar-refractivity contribution >= 4 is 28.1 Å². The Kier molecular flexibility index (Phi) is 4.72. The molecule has 24 heavy (non-hydrogen) atoms. The van der Waals surface area contributed by atoms with Crippen LogP contribution >= 0.6 is 15.9 Å². The van der Waals surface area contributed by atoms with E-state index in [9.17, 15) is 9.90 Å². The van der Waals surface area contributed by atoms with Crippen molar-refractivity contribution < 1.29 is 9.90 Å². The van der Waals surface area contributed by atoms with Gasteiger partial charge in [0.25, 0.3) is 5.91 Å². The molecule has 3 aromatic rings. The second-order valence-corrected chi connectivity index (χ2v) is 5.72. The number of hydrazone groups is 1. The fourth-order valence-electron chi connectivity index (χ4n) is 2.03. The number of benzene rings is 2. The molecular formula is C17H13BrN4O2. The van der Waals surface area contributed by atoms with Gasteiger partial charge in [0, 0.05) is 10.0 Å². The maximum Gasteiger partial charge on any atom is 0.295 e. The van der Waals surface area contributed by atoms with Crippen molar-refractivity contribution in [3.05, 3.63) is 76.5 Å². The molecular weight excluding hydrogens is 372 g/mol. The van der Waals surface area contributed by atoms with Gasteiger partial charge in [0.05, 0.1) is 18.1 Å². The van der Waals surface area contributed by atoms with Crippen molar-refractivity contribution in [1.82, 2.24) is 15.2 Å². The number of hydrogen-bond acceptors (Lipinski definition) is 4. The molecule has 0 atom stereocenters. The molecule has 7 heteroatoms. The summed E-state index contributed by atoms with van der Waals surface area (Å²) in [6.45, 7) is 0. The van der Waals surface area contributed by atoms with Gasteiger partial charge in [-0.3, -0.25) is 4.79 Å². The summed E-state index contributed by atoms with van der Waals surface area (Å²) in [5.74, 6) is -0.807. The summed E-state index contributed by atoms with van der Waals surface area (Å²) in [6, 6.07) is 16.7. The molecule has 0 radical (unpaired) electrons. The van der Waals surface area contributed by atoms with E-state index >= 15 is 0 Å². The third-order valence-electron chi connectivity index (χ3n) is 3.21. The summed E-state index contributed by atoms with van der Waals surface area (Å²) in [7, 11) is 0. The number of aromatic hydroxyl groups is 1. The Hall–Kier alpha value is -2.93. The molecule has 0 spiro atoms. The van der Waals surface area contributed by atoms with E-state index in [4.69, 9.17) is 0 Å². The van der Waals surface area contributed by atoms with Gasteiger partial charge in [-0.05, 0) is 18.2 Å². The lowest BCUT2D eigenvalue weighted by molar-refractivity contribution is 0.0947. The van der Waals surface area contributed by atoms with Crippen LogP contribution in [0, 0.1) is 0 Å². The highest BCUT2D eigenvalue weighted by atomic mass is 79.9. The molecule has 1 aromatic heterocycles. The highest BCUT2D eigenvalue weighted by Gasteiger charge is 2.16. The third-order valence-corrected chi connectivity index (χ3v) is 3.93. The number of para-hydroxylation sites is 1. The quantitative estimate of drug-likeness (QED) is 0.535. The maximum atomic E-state index is 12.1. The summed E-state index contributed by atoms with van der Waals surface area (Å²) < 4.78 is 2.29. The topological polar surface area (TPSA) is 79.5 Å². The van der Waals surface area contributed by atoms with Crippen LogP contribution in [0.1, 0.15) is 16.1 Å². The Morgan fingerprint density at radius 1 is 1.17 bits per heavy atom. The molecule has 0 unspecified atom stereocenters. The van der Waals surface area contributed by atoms with E-state index in [0.717, 1.165) is 15.7 Å². The largest absolute Gasteiger partial charge is 0.504 e. The molecule has 0 saturated heterocycles. The second kappa shape index (κ2) is 7.10. The Labute approximate surface area is 146 Å². The lowest BCUT2D eigenvalue weighted by Crippen LogP contribution is -2.18. The lowest BCUT2D eigenvalue weighted by Gasteiger charge is -1.99. The Balaban J connectivity index is 1.74. The van der Waals surface area contributed by atoms with Crippen molar-refractivity contribution in [2.75, 3.05) is 0 Å². The van der Waals surface area contributed by atoms with Crippen molar-refractivity contribution in [3.8, 4) is 11.4 Å². The van der Waals surface area contributed by atoms with E-state index in [1.807, 2.05) is 54.6 Å². The molecule has 120 valence electrons. The zero-order valence-electron chi connectivity index (χ0n) is 12.4. The number of nitrogens with one attached hydrogen (secondary N) is 1. The monoisotopic (exact) mass is 384 g/mol. The SMILES string of the molecule is O=C(N/N=C/c1ccccc1Br)c1nn(-c2ccccc2)cc1O. The molecule has 2 aromatic carbocycles. The molecule has 0 aliphatic heterocycles. The van der Waals surface area contributed by atoms with E-state index in [-0.39, 0.29) is 11.4 Å². The lowest BCUT2D eigenvalue weighted by atomic mass is 10.2. The number of carbonyl (C=O) groups excluding carboxylic acids is 1. The summed E-state index contributed by atoms with van der Waals surface area (Å²) in [5.41, 5.74) is 3.82. The average Bonchev–Trinajstić information content (AvgIpc) is 2.99. The van der Waals surface area contributed by atoms with Crippen LogP contribution < -0.4 is 5.43 Å². The summed E-state index contributed by atoms with van der Waals surface area (Å²) >= 11 is 3.39. The summed E-state index contributed by atoms with van der Waals surface area (Å²) in [5, 5.41) is 17.9. The van der Waals surface area contributed by atoms with E-state index in [0.29, 0.717) is 0 Å². The number of carbonyl (C=O) groups is 1. The van der Waals surface area contributed by atoms with Crippen LogP contribution in [0.25, 0.3) is 5.69 Å². The number of nitrogens with zero attached hydrogens (tertiary/aromatic N) is 3. The zero-order valence-corrected chi connectivity index (χ0v) is 14.0. The standard InChI is InChI=1S/C17H13BrN4O2/c18-14-9-5-4-6-12(14)10-19-20-17(24)16-15(23)11-22(21-16)13-7-2-1-3-8-13/h1-11,23H,(H,20,24)/b19-10+. The number of aromatic nitrogens is 2. The third kappa shape index (κ3) is 3.52. The minimum Gasteiger partial charge on any atom is -0.504 e. The fourth-order valence-corrected chi connectivity index (χ4v) is 2.42. The van der Waals surface area contributed by atoms with Crippen LogP contribution in [-0.4, -0.2) is 27.0 Å². The van der Waals surface area contributed by atoms with Gasteiger partial charge in [-0.15, -0.1) is 0 Å². The Bertz CT molecular complexity index is 891. The van der Waals surface area contributed by atoms with Gasteiger partial charge < -0.3 is 5.11 Å². The van der Waals surface area contributed by atoms with Gasteiger partial charge in [0.15, 0.2) is 11.4 Å². The van der Waals surface area contributed by atoms with E-state index < -0.39 is 5.91 Å². The van der Waals surface area contributed by atoms with Gasteiger partial charge in [0.2, 0.25) is 0 Å². The van der Waals surface area contributed by atoms with Gasteiger partial charge in [-0.1, -0.05) is 52.3 Å². The smallest absolute Gasteiger partial charge is 0.295 e. The molecule has 1 heterocycles. The van der Waals surface area contributed by atoms with Crippen molar-refractivity contribution in [2.24, 2.45) is 5.10 Å². The Morgan fingerprint density at radius 2 is 1.88 bits per heavy atom. The van der Waals surface area contributed by atoms with E-state index in [1.165, 1.54) is 17.1 Å². The number of rotatable bonds is 4. The highest BCUT2D eigenvalue weighted by molar-refractivity contribution is 9.10. The molecule has 6 nitrogen and oxygen atoms in total. The molecule has 0 bridgehead atoms. The first-order valence-corrected chi connectivity index (χ1v) is 7.86. The molecule has 1 amide bonds. The zero-order chi connectivity index (χ0) is 16.9. The molecule has 0 fully saturated rings. The number of halogens is 1. The first-order chi connectivity index (χ1) is 11.6. The van der Waals surface area contributed by atoms with Gasteiger partial charge >= 0.3 is 0 Å². The van der Waals surface area contributed by atoms with E-state index in [1.54, 1.807) is 0 Å². The van der Waals surface area contributed by atoms with Crippen LogP contribution in [0.2, 0.25) is 0 Å². The van der Waals surface area contributed by atoms with Crippen LogP contribution in [0.5, 0.6) is 5.75 Å². The Morgan fingerprint density at radius 3 is 2.62 bits per heavy atom. The minimum atomic E-state index is -0.592. The highest BCUT2D eigenvalue weighted by Crippen LogP contribution is 2.18. The second-order valence-electron chi connectivity index (χ2n) is 4.86. The van der Waals surface area contributed by atoms with Crippen LogP contribution in [-0.2, 0) is 0 Å².